The van der Waals surface area contributed by atoms with Gasteiger partial charge in [-0.25, -0.2) is 4.79 Å². The third-order valence-corrected chi connectivity index (χ3v) is 3.78. The van der Waals surface area contributed by atoms with E-state index in [0.29, 0.717) is 13.0 Å². The van der Waals surface area contributed by atoms with E-state index in [1.165, 1.54) is 17.0 Å². The van der Waals surface area contributed by atoms with Crippen molar-refractivity contribution in [1.82, 2.24) is 4.90 Å². The molecule has 1 saturated heterocycles. The minimum Gasteiger partial charge on any atom is -0.444 e. The summed E-state index contributed by atoms with van der Waals surface area (Å²) in [6.07, 6.45) is -4.98. The summed E-state index contributed by atoms with van der Waals surface area (Å²) in [5.41, 5.74) is -0.557. The second-order valence-corrected chi connectivity index (χ2v) is 7.55. The van der Waals surface area contributed by atoms with Crippen LogP contribution < -0.4 is 10.1 Å². The average molecular weight is 388 g/mol. The van der Waals surface area contributed by atoms with E-state index < -0.39 is 35.8 Å². The van der Waals surface area contributed by atoms with E-state index in [4.69, 9.17) is 4.74 Å². The molecule has 1 N–H and O–H groups in total. The van der Waals surface area contributed by atoms with Crippen molar-refractivity contribution in [1.29, 1.82) is 0 Å². The molecule has 1 aliphatic rings. The molecule has 2 rings (SSSR count). The molecular weight excluding hydrogens is 365 g/mol. The Morgan fingerprint density at radius 1 is 1.22 bits per heavy atom. The van der Waals surface area contributed by atoms with Gasteiger partial charge in [-0.15, -0.1) is 13.2 Å². The second kappa shape index (κ2) is 7.66. The van der Waals surface area contributed by atoms with Crippen LogP contribution in [0.1, 0.15) is 34.1 Å². The van der Waals surface area contributed by atoms with E-state index in [2.05, 4.69) is 10.1 Å². The lowest BCUT2D eigenvalue weighted by molar-refractivity contribution is -0.274. The fraction of sp³-hybridized carbons (Fsp3) is 0.556. The van der Waals surface area contributed by atoms with E-state index >= 15 is 0 Å². The highest BCUT2D eigenvalue weighted by Crippen LogP contribution is 2.28. The maximum Gasteiger partial charge on any atom is 0.573 e. The van der Waals surface area contributed by atoms with Gasteiger partial charge in [0, 0.05) is 18.3 Å². The molecule has 0 spiro atoms. The number of likely N-dealkylation sites (tertiary alicyclic amines) is 1. The lowest BCUT2D eigenvalue weighted by atomic mass is 10.1. The van der Waals surface area contributed by atoms with Gasteiger partial charge in [-0.1, -0.05) is 13.0 Å². The summed E-state index contributed by atoms with van der Waals surface area (Å²) in [5, 5.41) is 2.54. The first-order valence-electron chi connectivity index (χ1n) is 8.50. The predicted octanol–water partition coefficient (Wildman–Crippen LogP) is 4.17. The standard InChI is InChI=1S/C18H23F3N2O4/c1-11-8-14(23(10-11)16(25)27-17(2,3)4)15(24)22-12-6-5-7-13(9-12)26-18(19,20)21/h5-7,9,11,14H,8,10H2,1-4H3,(H,22,24)/t11-,14+/m1/s1. The zero-order valence-electron chi connectivity index (χ0n) is 15.6. The van der Waals surface area contributed by atoms with E-state index in [1.54, 1.807) is 20.8 Å². The highest BCUT2D eigenvalue weighted by molar-refractivity contribution is 5.97. The second-order valence-electron chi connectivity index (χ2n) is 7.55. The Labute approximate surface area is 155 Å². The van der Waals surface area contributed by atoms with Gasteiger partial charge in [0.2, 0.25) is 5.91 Å². The number of rotatable bonds is 3. The van der Waals surface area contributed by atoms with Gasteiger partial charge in [0.05, 0.1) is 0 Å². The SMILES string of the molecule is C[C@@H]1C[C@@H](C(=O)Nc2cccc(OC(F)(F)F)c2)N(C(=O)OC(C)(C)C)C1. The van der Waals surface area contributed by atoms with Gasteiger partial charge in [-0.2, -0.15) is 0 Å². The fourth-order valence-corrected chi connectivity index (χ4v) is 2.81. The number of carbonyl (C=O) groups excluding carboxylic acids is 2. The maximum absolute atomic E-state index is 12.6. The largest absolute Gasteiger partial charge is 0.573 e. The Morgan fingerprint density at radius 2 is 1.89 bits per heavy atom. The van der Waals surface area contributed by atoms with Crippen molar-refractivity contribution >= 4 is 17.7 Å². The smallest absolute Gasteiger partial charge is 0.444 e. The van der Waals surface area contributed by atoms with Crippen LogP contribution >= 0.6 is 0 Å². The summed E-state index contributed by atoms with van der Waals surface area (Å²) in [6, 6.07) is 4.22. The number of hydrogen-bond donors (Lipinski definition) is 1. The van der Waals surface area contributed by atoms with Crippen LogP contribution in [-0.2, 0) is 9.53 Å². The predicted molar refractivity (Wildman–Crippen MR) is 92.3 cm³/mol. The van der Waals surface area contributed by atoms with Crippen LogP contribution in [0.5, 0.6) is 5.75 Å². The van der Waals surface area contributed by atoms with Crippen molar-refractivity contribution in [3.63, 3.8) is 0 Å². The van der Waals surface area contributed by atoms with Gasteiger partial charge < -0.3 is 14.8 Å². The molecule has 0 saturated carbocycles. The van der Waals surface area contributed by atoms with Gasteiger partial charge >= 0.3 is 12.5 Å². The molecule has 27 heavy (non-hydrogen) atoms. The van der Waals surface area contributed by atoms with Crippen molar-refractivity contribution in [2.45, 2.75) is 52.1 Å². The van der Waals surface area contributed by atoms with Crippen molar-refractivity contribution in [3.05, 3.63) is 24.3 Å². The zero-order valence-corrected chi connectivity index (χ0v) is 15.6. The van der Waals surface area contributed by atoms with Gasteiger partial charge in [-0.3, -0.25) is 9.69 Å². The number of ether oxygens (including phenoxy) is 2. The zero-order chi connectivity index (χ0) is 20.4. The van der Waals surface area contributed by atoms with Crippen LogP contribution in [0, 0.1) is 5.92 Å². The quantitative estimate of drug-likeness (QED) is 0.844. The molecule has 0 aliphatic carbocycles. The number of hydrogen-bond acceptors (Lipinski definition) is 4. The summed E-state index contributed by atoms with van der Waals surface area (Å²) in [7, 11) is 0. The van der Waals surface area contributed by atoms with Crippen molar-refractivity contribution in [2.75, 3.05) is 11.9 Å². The average Bonchev–Trinajstić information content (AvgIpc) is 2.86. The third kappa shape index (κ3) is 6.33. The third-order valence-electron chi connectivity index (χ3n) is 3.78. The first-order chi connectivity index (χ1) is 12.3. The Balaban J connectivity index is 2.09. The molecule has 1 aromatic carbocycles. The van der Waals surface area contributed by atoms with Crippen LogP contribution in [-0.4, -0.2) is 41.5 Å². The number of halogens is 3. The molecule has 9 heteroatoms. The Hall–Kier alpha value is -2.45. The van der Waals surface area contributed by atoms with Crippen LogP contribution in [0.25, 0.3) is 0 Å². The fourth-order valence-electron chi connectivity index (χ4n) is 2.81. The van der Waals surface area contributed by atoms with Crippen molar-refractivity contribution in [2.24, 2.45) is 5.92 Å². The molecule has 1 aliphatic heterocycles. The van der Waals surface area contributed by atoms with E-state index in [0.717, 1.165) is 12.1 Å². The molecule has 1 heterocycles. The number of carbonyl (C=O) groups is 2. The molecule has 1 aromatic rings. The van der Waals surface area contributed by atoms with E-state index in [-0.39, 0.29) is 11.6 Å². The summed E-state index contributed by atoms with van der Waals surface area (Å²) in [4.78, 5) is 26.3. The number of amides is 2. The van der Waals surface area contributed by atoms with Gasteiger partial charge in [-0.05, 0) is 45.2 Å². The topological polar surface area (TPSA) is 67.9 Å². The van der Waals surface area contributed by atoms with Crippen molar-refractivity contribution < 1.29 is 32.2 Å². The van der Waals surface area contributed by atoms with Crippen molar-refractivity contribution in [3.8, 4) is 5.75 Å². The normalized spacial score (nSPS) is 20.3. The lowest BCUT2D eigenvalue weighted by Crippen LogP contribution is -2.45. The van der Waals surface area contributed by atoms with Gasteiger partial charge in [0.15, 0.2) is 0 Å². The molecule has 150 valence electrons. The lowest BCUT2D eigenvalue weighted by Gasteiger charge is -2.28. The molecular formula is C18H23F3N2O4. The van der Waals surface area contributed by atoms with Crippen LogP contribution in [0.2, 0.25) is 0 Å². The molecule has 0 aromatic heterocycles. The highest BCUT2D eigenvalue weighted by Gasteiger charge is 2.40. The van der Waals surface area contributed by atoms with Gasteiger partial charge in [0.25, 0.3) is 0 Å². The molecule has 6 nitrogen and oxygen atoms in total. The van der Waals surface area contributed by atoms with E-state index in [9.17, 15) is 22.8 Å². The summed E-state index contributed by atoms with van der Waals surface area (Å²) >= 11 is 0. The Morgan fingerprint density at radius 3 is 2.48 bits per heavy atom. The summed E-state index contributed by atoms with van der Waals surface area (Å²) < 4.78 is 46.2. The number of nitrogens with one attached hydrogen (secondary N) is 1. The summed E-state index contributed by atoms with van der Waals surface area (Å²) in [6.45, 7) is 7.45. The molecule has 0 radical (unpaired) electrons. The Bertz CT molecular complexity index is 701. The minimum atomic E-state index is -4.82. The number of nitrogens with zero attached hydrogens (tertiary/aromatic N) is 1. The molecule has 2 amide bonds. The van der Waals surface area contributed by atoms with Crippen LogP contribution in [0.3, 0.4) is 0 Å². The summed E-state index contributed by atoms with van der Waals surface area (Å²) in [5.74, 6) is -0.841. The molecule has 0 bridgehead atoms. The number of anilines is 1. The highest BCUT2D eigenvalue weighted by atomic mass is 19.4. The molecule has 0 unspecified atom stereocenters. The Kier molecular flexibility index (Phi) is 5.91. The first-order valence-corrected chi connectivity index (χ1v) is 8.50. The monoisotopic (exact) mass is 388 g/mol. The number of alkyl halides is 3. The van der Waals surface area contributed by atoms with Gasteiger partial charge in [0.1, 0.15) is 17.4 Å². The van der Waals surface area contributed by atoms with E-state index in [1.807, 2.05) is 6.92 Å². The van der Waals surface area contributed by atoms with Crippen LogP contribution in [0.15, 0.2) is 24.3 Å². The van der Waals surface area contributed by atoms with Crippen LogP contribution in [0.4, 0.5) is 23.7 Å². The minimum absolute atomic E-state index is 0.0909. The maximum atomic E-state index is 12.6. The number of benzene rings is 1. The first kappa shape index (κ1) is 20.9. The molecule has 1 fully saturated rings. The molecule has 2 atom stereocenters.